The Morgan fingerprint density at radius 3 is 2.68 bits per heavy atom. The van der Waals surface area contributed by atoms with E-state index in [1.807, 2.05) is 19.2 Å². The quantitative estimate of drug-likeness (QED) is 0.901. The van der Waals surface area contributed by atoms with Crippen molar-refractivity contribution >= 4 is 23.2 Å². The number of carbonyl (C=O) groups is 1. The highest BCUT2D eigenvalue weighted by Gasteiger charge is 2.39. The van der Waals surface area contributed by atoms with E-state index in [0.717, 1.165) is 22.5 Å². The lowest BCUT2D eigenvalue weighted by Gasteiger charge is -2.24. The van der Waals surface area contributed by atoms with Gasteiger partial charge in [0.15, 0.2) is 0 Å². The summed E-state index contributed by atoms with van der Waals surface area (Å²) in [6, 6.07) is 3.89. The zero-order valence-corrected chi connectivity index (χ0v) is 12.6. The topological polar surface area (TPSA) is 32.3 Å². The molecule has 102 valence electrons. The summed E-state index contributed by atoms with van der Waals surface area (Å²) in [7, 11) is 2.01. The Morgan fingerprint density at radius 1 is 1.47 bits per heavy atom. The lowest BCUT2D eigenvalue weighted by Crippen LogP contribution is -2.24. The molecule has 4 heteroatoms. The van der Waals surface area contributed by atoms with Crippen molar-refractivity contribution in [1.82, 2.24) is 5.32 Å². The Kier molecular flexibility index (Phi) is 3.35. The van der Waals surface area contributed by atoms with Crippen LogP contribution in [0.15, 0.2) is 24.4 Å². The van der Waals surface area contributed by atoms with E-state index < -0.39 is 0 Å². The molecular formula is C15H19ClN2O. The molecule has 0 bridgehead atoms. The predicted molar refractivity (Wildman–Crippen MR) is 79.5 cm³/mol. The summed E-state index contributed by atoms with van der Waals surface area (Å²) in [5, 5.41) is 3.51. The number of halogens is 1. The number of carbonyl (C=O) groups excluding carboxylic acids is 1. The molecule has 1 aromatic carbocycles. The van der Waals surface area contributed by atoms with Crippen molar-refractivity contribution in [3.63, 3.8) is 0 Å². The Hall–Kier alpha value is -1.48. The SMILES string of the molecule is C=C1N(C)c2ccc(Cl)c(CNC(C)=O)c2C1(C)C. The lowest BCUT2D eigenvalue weighted by atomic mass is 9.81. The van der Waals surface area contributed by atoms with Crippen LogP contribution in [-0.2, 0) is 16.8 Å². The average molecular weight is 279 g/mol. The molecule has 0 aliphatic carbocycles. The van der Waals surface area contributed by atoms with E-state index in [-0.39, 0.29) is 11.3 Å². The van der Waals surface area contributed by atoms with Gasteiger partial charge >= 0.3 is 0 Å². The fourth-order valence-electron chi connectivity index (χ4n) is 2.68. The van der Waals surface area contributed by atoms with Crippen LogP contribution in [0.1, 0.15) is 31.9 Å². The summed E-state index contributed by atoms with van der Waals surface area (Å²) in [4.78, 5) is 13.2. The molecule has 0 atom stereocenters. The van der Waals surface area contributed by atoms with Crippen molar-refractivity contribution in [2.45, 2.75) is 32.7 Å². The predicted octanol–water partition coefficient (Wildman–Crippen LogP) is 3.22. The van der Waals surface area contributed by atoms with Crippen LogP contribution in [-0.4, -0.2) is 13.0 Å². The highest BCUT2D eigenvalue weighted by molar-refractivity contribution is 6.31. The number of anilines is 1. The van der Waals surface area contributed by atoms with Crippen molar-refractivity contribution < 1.29 is 4.79 Å². The molecule has 1 N–H and O–H groups in total. The number of hydrogen-bond donors (Lipinski definition) is 1. The van der Waals surface area contributed by atoms with Gasteiger partial charge in [-0.25, -0.2) is 0 Å². The zero-order chi connectivity index (χ0) is 14.4. The van der Waals surface area contributed by atoms with Crippen LogP contribution in [0.3, 0.4) is 0 Å². The monoisotopic (exact) mass is 278 g/mol. The van der Waals surface area contributed by atoms with Crippen molar-refractivity contribution in [3.05, 3.63) is 40.6 Å². The zero-order valence-electron chi connectivity index (χ0n) is 11.8. The summed E-state index contributed by atoms with van der Waals surface area (Å²) in [5.74, 6) is -0.0587. The summed E-state index contributed by atoms with van der Waals surface area (Å²) < 4.78 is 0. The number of benzene rings is 1. The molecule has 0 aromatic heterocycles. The van der Waals surface area contributed by atoms with Crippen LogP contribution in [0.25, 0.3) is 0 Å². The molecule has 19 heavy (non-hydrogen) atoms. The van der Waals surface area contributed by atoms with E-state index in [9.17, 15) is 4.79 Å². The fourth-order valence-corrected chi connectivity index (χ4v) is 2.91. The summed E-state index contributed by atoms with van der Waals surface area (Å²) >= 11 is 6.31. The maximum atomic E-state index is 11.1. The van der Waals surface area contributed by atoms with E-state index in [1.54, 1.807) is 0 Å². The molecular weight excluding hydrogens is 260 g/mol. The third kappa shape index (κ3) is 2.12. The molecule has 3 nitrogen and oxygen atoms in total. The minimum Gasteiger partial charge on any atom is -0.352 e. The minimum atomic E-state index is -0.178. The molecule has 0 unspecified atom stereocenters. The maximum Gasteiger partial charge on any atom is 0.217 e. The standard InChI is InChI=1S/C15H19ClN2O/c1-9-15(3,4)14-11(8-17-10(2)19)12(16)6-7-13(14)18(9)5/h6-7H,1,8H2,2-5H3,(H,17,19). The number of rotatable bonds is 2. The summed E-state index contributed by atoms with van der Waals surface area (Å²) in [6.07, 6.45) is 0. The van der Waals surface area contributed by atoms with Crippen LogP contribution in [0.2, 0.25) is 5.02 Å². The Bertz CT molecular complexity index is 564. The molecule has 0 fully saturated rings. The summed E-state index contributed by atoms with van der Waals surface area (Å²) in [6.45, 7) is 10.4. The second kappa shape index (κ2) is 4.57. The molecule has 1 heterocycles. The van der Waals surface area contributed by atoms with Gasteiger partial charge < -0.3 is 10.2 Å². The van der Waals surface area contributed by atoms with Gasteiger partial charge in [0, 0.05) is 42.3 Å². The van der Waals surface area contributed by atoms with Gasteiger partial charge in [0.1, 0.15) is 0 Å². The largest absolute Gasteiger partial charge is 0.352 e. The van der Waals surface area contributed by atoms with Crippen LogP contribution in [0, 0.1) is 0 Å². The van der Waals surface area contributed by atoms with E-state index >= 15 is 0 Å². The number of amides is 1. The number of nitrogens with one attached hydrogen (secondary N) is 1. The van der Waals surface area contributed by atoms with Crippen LogP contribution >= 0.6 is 11.6 Å². The van der Waals surface area contributed by atoms with Crippen molar-refractivity contribution in [2.75, 3.05) is 11.9 Å². The highest BCUT2D eigenvalue weighted by Crippen LogP contribution is 2.49. The Labute approximate surface area is 119 Å². The first-order valence-electron chi connectivity index (χ1n) is 6.26. The third-order valence-electron chi connectivity index (χ3n) is 3.86. The number of likely N-dealkylation sites (N-methyl/N-ethyl adjacent to an activating group) is 1. The second-order valence-corrected chi connectivity index (χ2v) is 5.87. The van der Waals surface area contributed by atoms with E-state index in [4.69, 9.17) is 11.6 Å². The van der Waals surface area contributed by atoms with Crippen molar-refractivity contribution in [2.24, 2.45) is 0 Å². The van der Waals surface area contributed by atoms with Gasteiger partial charge in [-0.1, -0.05) is 32.0 Å². The Morgan fingerprint density at radius 2 is 2.11 bits per heavy atom. The van der Waals surface area contributed by atoms with Gasteiger partial charge in [-0.3, -0.25) is 4.79 Å². The first-order chi connectivity index (χ1) is 8.76. The first kappa shape index (κ1) is 13.9. The molecule has 1 aliphatic heterocycles. The van der Waals surface area contributed by atoms with Crippen LogP contribution in [0.4, 0.5) is 5.69 Å². The van der Waals surface area contributed by atoms with Crippen molar-refractivity contribution in [1.29, 1.82) is 0 Å². The number of fused-ring (bicyclic) bond motifs is 1. The van der Waals surface area contributed by atoms with E-state index in [2.05, 4.69) is 30.6 Å². The van der Waals surface area contributed by atoms with Gasteiger partial charge in [-0.05, 0) is 23.3 Å². The van der Waals surface area contributed by atoms with Gasteiger partial charge in [0.2, 0.25) is 5.91 Å². The van der Waals surface area contributed by atoms with E-state index in [0.29, 0.717) is 11.6 Å². The first-order valence-corrected chi connectivity index (χ1v) is 6.64. The normalized spacial score (nSPS) is 16.5. The molecule has 0 saturated carbocycles. The van der Waals surface area contributed by atoms with Crippen LogP contribution in [0.5, 0.6) is 0 Å². The van der Waals surface area contributed by atoms with E-state index in [1.165, 1.54) is 6.92 Å². The number of hydrogen-bond acceptors (Lipinski definition) is 2. The lowest BCUT2D eigenvalue weighted by molar-refractivity contribution is -0.119. The van der Waals surface area contributed by atoms with Crippen molar-refractivity contribution in [3.8, 4) is 0 Å². The average Bonchev–Trinajstić information content (AvgIpc) is 2.50. The van der Waals surface area contributed by atoms with Gasteiger partial charge in [0.25, 0.3) is 0 Å². The van der Waals surface area contributed by atoms with Gasteiger partial charge in [-0.15, -0.1) is 0 Å². The third-order valence-corrected chi connectivity index (χ3v) is 4.21. The second-order valence-electron chi connectivity index (χ2n) is 5.46. The molecule has 0 spiro atoms. The van der Waals surface area contributed by atoms with Gasteiger partial charge in [-0.2, -0.15) is 0 Å². The smallest absolute Gasteiger partial charge is 0.217 e. The molecule has 0 radical (unpaired) electrons. The maximum absolute atomic E-state index is 11.1. The highest BCUT2D eigenvalue weighted by atomic mass is 35.5. The minimum absolute atomic E-state index is 0.0587. The Balaban J connectivity index is 2.57. The number of allylic oxidation sites excluding steroid dienone is 1. The molecule has 1 aliphatic rings. The molecule has 2 rings (SSSR count). The number of nitrogens with zero attached hydrogens (tertiary/aromatic N) is 1. The fraction of sp³-hybridized carbons (Fsp3) is 0.400. The summed E-state index contributed by atoms with van der Waals surface area (Å²) in [5.41, 5.74) is 4.10. The molecule has 1 aromatic rings. The van der Waals surface area contributed by atoms with Crippen LogP contribution < -0.4 is 10.2 Å². The molecule has 1 amide bonds. The molecule has 0 saturated heterocycles. The van der Waals surface area contributed by atoms with Gasteiger partial charge in [0.05, 0.1) is 0 Å².